The lowest BCUT2D eigenvalue weighted by atomic mass is 10.3. The van der Waals surface area contributed by atoms with Crippen LogP contribution in [-0.4, -0.2) is 42.0 Å². The van der Waals surface area contributed by atoms with Gasteiger partial charge in [-0.3, -0.25) is 9.67 Å². The number of halogens is 2. The van der Waals surface area contributed by atoms with Crippen molar-refractivity contribution in [3.63, 3.8) is 0 Å². The van der Waals surface area contributed by atoms with Gasteiger partial charge in [-0.1, -0.05) is 6.07 Å². The molecule has 0 amide bonds. The van der Waals surface area contributed by atoms with E-state index in [2.05, 4.69) is 33.7 Å². The summed E-state index contributed by atoms with van der Waals surface area (Å²) in [5.41, 5.74) is 2.22. The largest absolute Gasteiger partial charge is 0.489 e. The van der Waals surface area contributed by atoms with Crippen LogP contribution in [0.15, 0.2) is 35.3 Å². The van der Waals surface area contributed by atoms with Gasteiger partial charge in [0.05, 0.1) is 12.2 Å². The second-order valence-electron chi connectivity index (χ2n) is 6.27. The first-order chi connectivity index (χ1) is 12.5. The maximum Gasteiger partial charge on any atom is 0.191 e. The fourth-order valence-corrected chi connectivity index (χ4v) is 2.61. The standard InChI is InChI=1S/C19H28FN5O.HI/c1-14-11-15(2)25(24-14)10-6-9-22-19(21-4)23-13-16(3)26-18-8-5-7-17(20)12-18;/h5,7-8,11-12,16H,6,9-10,13H2,1-4H3,(H2,21,22,23);1H. The molecule has 2 N–H and O–H groups in total. The van der Waals surface area contributed by atoms with Crippen LogP contribution < -0.4 is 15.4 Å². The second kappa shape index (κ2) is 11.8. The molecule has 1 heterocycles. The number of aryl methyl sites for hydroxylation is 3. The molecule has 6 nitrogen and oxygen atoms in total. The van der Waals surface area contributed by atoms with Crippen molar-refractivity contribution in [3.05, 3.63) is 47.5 Å². The number of rotatable bonds is 8. The minimum atomic E-state index is -0.303. The SMILES string of the molecule is CN=C(NCCCn1nc(C)cc1C)NCC(C)Oc1cccc(F)c1.I. The highest BCUT2D eigenvalue weighted by Gasteiger charge is 2.06. The van der Waals surface area contributed by atoms with Gasteiger partial charge >= 0.3 is 0 Å². The Morgan fingerprint density at radius 2 is 2.07 bits per heavy atom. The van der Waals surface area contributed by atoms with Gasteiger partial charge in [0, 0.05) is 31.9 Å². The predicted molar refractivity (Wildman–Crippen MR) is 118 cm³/mol. The molecular formula is C19H29FIN5O. The topological polar surface area (TPSA) is 63.5 Å². The Balaban J connectivity index is 0.00000364. The van der Waals surface area contributed by atoms with E-state index in [1.807, 2.05) is 18.5 Å². The van der Waals surface area contributed by atoms with Crippen LogP contribution >= 0.6 is 24.0 Å². The lowest BCUT2D eigenvalue weighted by Gasteiger charge is -2.18. The van der Waals surface area contributed by atoms with Crippen LogP contribution in [0.2, 0.25) is 0 Å². The number of nitrogens with zero attached hydrogens (tertiary/aromatic N) is 3. The Morgan fingerprint density at radius 1 is 1.30 bits per heavy atom. The van der Waals surface area contributed by atoms with E-state index < -0.39 is 0 Å². The van der Waals surface area contributed by atoms with Gasteiger partial charge in [0.15, 0.2) is 5.96 Å². The molecule has 1 unspecified atom stereocenters. The molecule has 0 bridgehead atoms. The van der Waals surface area contributed by atoms with E-state index in [1.165, 1.54) is 17.8 Å². The molecule has 27 heavy (non-hydrogen) atoms. The Kier molecular flexibility index (Phi) is 10.1. The zero-order valence-corrected chi connectivity index (χ0v) is 18.7. The fraction of sp³-hybridized carbons (Fsp3) is 0.474. The Labute approximate surface area is 177 Å². The second-order valence-corrected chi connectivity index (χ2v) is 6.27. The summed E-state index contributed by atoms with van der Waals surface area (Å²) < 4.78 is 20.9. The highest BCUT2D eigenvalue weighted by molar-refractivity contribution is 14.0. The first-order valence-electron chi connectivity index (χ1n) is 8.85. The zero-order chi connectivity index (χ0) is 18.9. The quantitative estimate of drug-likeness (QED) is 0.259. The summed E-state index contributed by atoms with van der Waals surface area (Å²) >= 11 is 0. The number of aromatic nitrogens is 2. The molecule has 150 valence electrons. The van der Waals surface area contributed by atoms with Crippen LogP contribution in [0.25, 0.3) is 0 Å². The van der Waals surface area contributed by atoms with Crippen molar-refractivity contribution in [1.82, 2.24) is 20.4 Å². The van der Waals surface area contributed by atoms with E-state index >= 15 is 0 Å². The molecule has 0 saturated carbocycles. The van der Waals surface area contributed by atoms with E-state index in [-0.39, 0.29) is 35.9 Å². The highest BCUT2D eigenvalue weighted by Crippen LogP contribution is 2.13. The summed E-state index contributed by atoms with van der Waals surface area (Å²) in [7, 11) is 1.73. The van der Waals surface area contributed by atoms with Crippen molar-refractivity contribution in [3.8, 4) is 5.75 Å². The Morgan fingerprint density at radius 3 is 2.70 bits per heavy atom. The van der Waals surface area contributed by atoms with Gasteiger partial charge in [0.25, 0.3) is 0 Å². The number of guanidine groups is 1. The average molecular weight is 489 g/mol. The van der Waals surface area contributed by atoms with E-state index in [4.69, 9.17) is 4.74 Å². The molecular weight excluding hydrogens is 460 g/mol. The zero-order valence-electron chi connectivity index (χ0n) is 16.3. The minimum Gasteiger partial charge on any atom is -0.489 e. The van der Waals surface area contributed by atoms with Gasteiger partial charge in [-0.05, 0) is 45.4 Å². The lowest BCUT2D eigenvalue weighted by Crippen LogP contribution is -2.42. The van der Waals surface area contributed by atoms with Crippen LogP contribution in [-0.2, 0) is 6.54 Å². The number of hydrogen-bond acceptors (Lipinski definition) is 3. The molecule has 8 heteroatoms. The molecule has 1 aromatic carbocycles. The van der Waals surface area contributed by atoms with Crippen LogP contribution in [0.5, 0.6) is 5.75 Å². The van der Waals surface area contributed by atoms with E-state index in [0.29, 0.717) is 18.3 Å². The van der Waals surface area contributed by atoms with Crippen LogP contribution in [0.3, 0.4) is 0 Å². The summed E-state index contributed by atoms with van der Waals surface area (Å²) in [5, 5.41) is 10.9. The first-order valence-corrected chi connectivity index (χ1v) is 8.85. The number of aliphatic imine (C=N–C) groups is 1. The Hall–Kier alpha value is -1.84. The van der Waals surface area contributed by atoms with E-state index in [9.17, 15) is 4.39 Å². The minimum absolute atomic E-state index is 0. The number of hydrogen-bond donors (Lipinski definition) is 2. The van der Waals surface area contributed by atoms with Gasteiger partial charge in [-0.15, -0.1) is 24.0 Å². The van der Waals surface area contributed by atoms with Crippen LogP contribution in [0.1, 0.15) is 24.7 Å². The third kappa shape index (κ3) is 8.15. The van der Waals surface area contributed by atoms with Crippen molar-refractivity contribution < 1.29 is 9.13 Å². The maximum atomic E-state index is 13.2. The van der Waals surface area contributed by atoms with E-state index in [1.54, 1.807) is 19.2 Å². The van der Waals surface area contributed by atoms with E-state index in [0.717, 1.165) is 25.2 Å². The molecule has 2 rings (SSSR count). The molecule has 0 aliphatic rings. The normalized spacial score (nSPS) is 12.3. The fourth-order valence-electron chi connectivity index (χ4n) is 2.61. The summed E-state index contributed by atoms with van der Waals surface area (Å²) in [6.45, 7) is 8.20. The van der Waals surface area contributed by atoms with Crippen molar-refractivity contribution in [2.75, 3.05) is 20.1 Å². The smallest absolute Gasteiger partial charge is 0.191 e. The van der Waals surface area contributed by atoms with Crippen LogP contribution in [0, 0.1) is 19.7 Å². The Bertz CT molecular complexity index is 735. The lowest BCUT2D eigenvalue weighted by molar-refractivity contribution is 0.223. The van der Waals surface area contributed by atoms with Crippen LogP contribution in [0.4, 0.5) is 4.39 Å². The molecule has 0 aliphatic carbocycles. The average Bonchev–Trinajstić information content (AvgIpc) is 2.91. The molecule has 0 fully saturated rings. The predicted octanol–water partition coefficient (Wildman–Crippen LogP) is 3.28. The molecule has 2 aromatic rings. The molecule has 0 aliphatic heterocycles. The third-order valence-electron chi connectivity index (χ3n) is 3.86. The maximum absolute atomic E-state index is 13.2. The molecule has 0 spiro atoms. The summed E-state index contributed by atoms with van der Waals surface area (Å²) in [6, 6.07) is 8.23. The highest BCUT2D eigenvalue weighted by atomic mass is 127. The summed E-state index contributed by atoms with van der Waals surface area (Å²) in [6.07, 6.45) is 0.822. The number of ether oxygens (including phenoxy) is 1. The summed E-state index contributed by atoms with van der Waals surface area (Å²) in [5.74, 6) is 0.933. The number of nitrogens with one attached hydrogen (secondary N) is 2. The van der Waals surface area contributed by atoms with Crippen molar-refractivity contribution >= 4 is 29.9 Å². The first kappa shape index (κ1) is 23.2. The van der Waals surface area contributed by atoms with Gasteiger partial charge < -0.3 is 15.4 Å². The van der Waals surface area contributed by atoms with Gasteiger partial charge in [-0.25, -0.2) is 4.39 Å². The molecule has 0 radical (unpaired) electrons. The summed E-state index contributed by atoms with van der Waals surface area (Å²) in [4.78, 5) is 4.20. The third-order valence-corrected chi connectivity index (χ3v) is 3.86. The van der Waals surface area contributed by atoms with Gasteiger partial charge in [-0.2, -0.15) is 5.10 Å². The van der Waals surface area contributed by atoms with Gasteiger partial charge in [0.1, 0.15) is 17.7 Å². The van der Waals surface area contributed by atoms with Crippen molar-refractivity contribution in [2.45, 2.75) is 39.8 Å². The molecule has 1 aromatic heterocycles. The molecule has 1 atom stereocenters. The monoisotopic (exact) mass is 489 g/mol. The van der Waals surface area contributed by atoms with Crippen molar-refractivity contribution in [1.29, 1.82) is 0 Å². The molecule has 0 saturated heterocycles. The van der Waals surface area contributed by atoms with Gasteiger partial charge in [0.2, 0.25) is 0 Å². The van der Waals surface area contributed by atoms with Crippen molar-refractivity contribution in [2.24, 2.45) is 4.99 Å². The number of benzene rings is 1.